The normalized spacial score (nSPS) is 10.1. The SMILES string of the molecule is CCOC(=O)c1cc(-c2ccc(N=C(N)N)cc2)on1. The van der Waals surface area contributed by atoms with Gasteiger partial charge < -0.3 is 20.7 Å². The zero-order valence-electron chi connectivity index (χ0n) is 10.9. The fourth-order valence-corrected chi connectivity index (χ4v) is 1.56. The van der Waals surface area contributed by atoms with Gasteiger partial charge in [0.05, 0.1) is 12.3 Å². The predicted octanol–water partition coefficient (Wildman–Crippen LogP) is 1.42. The Bertz CT molecular complexity index is 627. The van der Waals surface area contributed by atoms with Crippen LogP contribution in [0, 0.1) is 0 Å². The van der Waals surface area contributed by atoms with E-state index in [1.165, 1.54) is 6.07 Å². The number of nitrogens with zero attached hydrogens (tertiary/aromatic N) is 2. The first-order chi connectivity index (χ1) is 9.60. The summed E-state index contributed by atoms with van der Waals surface area (Å²) < 4.78 is 9.94. The second-order valence-electron chi connectivity index (χ2n) is 3.88. The van der Waals surface area contributed by atoms with E-state index in [0.29, 0.717) is 11.4 Å². The zero-order chi connectivity index (χ0) is 14.5. The highest BCUT2D eigenvalue weighted by Crippen LogP contribution is 2.23. The van der Waals surface area contributed by atoms with Crippen molar-refractivity contribution in [3.05, 3.63) is 36.0 Å². The van der Waals surface area contributed by atoms with Gasteiger partial charge in [0.1, 0.15) is 0 Å². The molecule has 20 heavy (non-hydrogen) atoms. The lowest BCUT2D eigenvalue weighted by Gasteiger charge is -1.97. The summed E-state index contributed by atoms with van der Waals surface area (Å²) in [5.41, 5.74) is 12.1. The van der Waals surface area contributed by atoms with E-state index in [9.17, 15) is 4.79 Å². The van der Waals surface area contributed by atoms with Crippen molar-refractivity contribution in [2.45, 2.75) is 6.92 Å². The Kier molecular flexibility index (Phi) is 3.99. The van der Waals surface area contributed by atoms with E-state index in [1.54, 1.807) is 31.2 Å². The van der Waals surface area contributed by atoms with E-state index < -0.39 is 5.97 Å². The van der Waals surface area contributed by atoms with Gasteiger partial charge in [0.2, 0.25) is 0 Å². The molecule has 104 valence electrons. The summed E-state index contributed by atoms with van der Waals surface area (Å²) in [6.07, 6.45) is 0. The Labute approximate surface area is 115 Å². The summed E-state index contributed by atoms with van der Waals surface area (Å²) in [5.74, 6) is -0.0639. The maximum atomic E-state index is 11.5. The molecule has 0 amide bonds. The van der Waals surface area contributed by atoms with Crippen LogP contribution in [-0.2, 0) is 4.74 Å². The molecule has 0 aliphatic heterocycles. The Morgan fingerprint density at radius 1 is 1.35 bits per heavy atom. The lowest BCUT2D eigenvalue weighted by Crippen LogP contribution is -2.21. The van der Waals surface area contributed by atoms with E-state index in [-0.39, 0.29) is 18.3 Å². The number of carbonyl (C=O) groups excluding carboxylic acids is 1. The molecule has 7 heteroatoms. The molecule has 0 spiro atoms. The minimum absolute atomic E-state index is 0.0120. The second kappa shape index (κ2) is 5.87. The van der Waals surface area contributed by atoms with Crippen LogP contribution in [0.25, 0.3) is 11.3 Å². The van der Waals surface area contributed by atoms with Crippen molar-refractivity contribution in [2.24, 2.45) is 16.5 Å². The van der Waals surface area contributed by atoms with Gasteiger partial charge in [-0.15, -0.1) is 0 Å². The van der Waals surface area contributed by atoms with Crippen LogP contribution in [-0.4, -0.2) is 23.7 Å². The molecule has 2 aromatic rings. The molecule has 0 bridgehead atoms. The number of esters is 1. The van der Waals surface area contributed by atoms with Crippen molar-refractivity contribution >= 4 is 17.6 Å². The van der Waals surface area contributed by atoms with E-state index in [0.717, 1.165) is 5.56 Å². The van der Waals surface area contributed by atoms with E-state index in [1.807, 2.05) is 0 Å². The first-order valence-corrected chi connectivity index (χ1v) is 5.94. The molecular weight excluding hydrogens is 260 g/mol. The molecule has 0 atom stereocenters. The Hall–Kier alpha value is -2.83. The molecule has 2 rings (SSSR count). The Morgan fingerprint density at radius 3 is 2.65 bits per heavy atom. The number of rotatable bonds is 4. The van der Waals surface area contributed by atoms with Gasteiger partial charge >= 0.3 is 5.97 Å². The quantitative estimate of drug-likeness (QED) is 0.494. The number of hydrogen-bond acceptors (Lipinski definition) is 5. The van der Waals surface area contributed by atoms with Gasteiger partial charge in [0.25, 0.3) is 0 Å². The fourth-order valence-electron chi connectivity index (χ4n) is 1.56. The summed E-state index contributed by atoms with van der Waals surface area (Å²) in [6.45, 7) is 2.01. The number of aromatic nitrogens is 1. The second-order valence-corrected chi connectivity index (χ2v) is 3.88. The molecule has 0 saturated carbocycles. The molecule has 0 aliphatic rings. The van der Waals surface area contributed by atoms with E-state index in [4.69, 9.17) is 20.7 Å². The third kappa shape index (κ3) is 3.14. The molecule has 4 N–H and O–H groups in total. The highest BCUT2D eigenvalue weighted by molar-refractivity contribution is 5.88. The highest BCUT2D eigenvalue weighted by Gasteiger charge is 2.14. The number of nitrogens with two attached hydrogens (primary N) is 2. The van der Waals surface area contributed by atoms with Crippen molar-refractivity contribution in [1.82, 2.24) is 5.16 Å². The predicted molar refractivity (Wildman–Crippen MR) is 73.4 cm³/mol. The van der Waals surface area contributed by atoms with E-state index >= 15 is 0 Å². The molecular formula is C13H14N4O3. The molecule has 0 unspecified atom stereocenters. The summed E-state index contributed by atoms with van der Waals surface area (Å²) >= 11 is 0. The minimum atomic E-state index is -0.514. The van der Waals surface area contributed by atoms with Crippen molar-refractivity contribution in [3.63, 3.8) is 0 Å². The van der Waals surface area contributed by atoms with Gasteiger partial charge in [-0.25, -0.2) is 9.79 Å². The number of ether oxygens (including phenoxy) is 1. The standard InChI is InChI=1S/C13H14N4O3/c1-2-19-12(18)10-7-11(20-17-10)8-3-5-9(6-4-8)16-13(14)15/h3-7H,2H2,1H3,(H4,14,15,16). The number of benzene rings is 1. The van der Waals surface area contributed by atoms with Gasteiger partial charge in [0, 0.05) is 11.6 Å². The monoisotopic (exact) mass is 274 g/mol. The Morgan fingerprint density at radius 2 is 2.05 bits per heavy atom. The van der Waals surface area contributed by atoms with Gasteiger partial charge in [-0.05, 0) is 31.2 Å². The Balaban J connectivity index is 2.20. The van der Waals surface area contributed by atoms with Gasteiger partial charge in [-0.3, -0.25) is 0 Å². The van der Waals surface area contributed by atoms with Crippen LogP contribution in [0.15, 0.2) is 39.8 Å². The number of carbonyl (C=O) groups is 1. The minimum Gasteiger partial charge on any atom is -0.461 e. The first kappa shape index (κ1) is 13.6. The fraction of sp³-hybridized carbons (Fsp3) is 0.154. The molecule has 1 heterocycles. The maximum absolute atomic E-state index is 11.5. The average Bonchev–Trinajstić information content (AvgIpc) is 2.89. The molecule has 0 radical (unpaired) electrons. The van der Waals surface area contributed by atoms with Crippen molar-refractivity contribution in [2.75, 3.05) is 6.61 Å². The summed E-state index contributed by atoms with van der Waals surface area (Å²) in [6, 6.07) is 8.49. The summed E-state index contributed by atoms with van der Waals surface area (Å²) in [7, 11) is 0. The average molecular weight is 274 g/mol. The van der Waals surface area contributed by atoms with Gasteiger partial charge in [0.15, 0.2) is 17.4 Å². The molecule has 7 nitrogen and oxygen atoms in total. The number of aliphatic imine (C=N–C) groups is 1. The van der Waals surface area contributed by atoms with Gasteiger partial charge in [-0.2, -0.15) is 0 Å². The first-order valence-electron chi connectivity index (χ1n) is 5.94. The molecule has 1 aromatic carbocycles. The number of guanidine groups is 1. The van der Waals surface area contributed by atoms with Crippen LogP contribution < -0.4 is 11.5 Å². The lowest BCUT2D eigenvalue weighted by atomic mass is 10.1. The van der Waals surface area contributed by atoms with Crippen LogP contribution in [0.5, 0.6) is 0 Å². The molecule has 1 aromatic heterocycles. The third-order valence-electron chi connectivity index (χ3n) is 2.40. The third-order valence-corrected chi connectivity index (χ3v) is 2.40. The molecule has 0 fully saturated rings. The van der Waals surface area contributed by atoms with Crippen LogP contribution in [0.4, 0.5) is 5.69 Å². The largest absolute Gasteiger partial charge is 0.461 e. The lowest BCUT2D eigenvalue weighted by molar-refractivity contribution is 0.0514. The smallest absolute Gasteiger partial charge is 0.360 e. The van der Waals surface area contributed by atoms with Gasteiger partial charge in [-0.1, -0.05) is 5.16 Å². The zero-order valence-corrected chi connectivity index (χ0v) is 10.9. The van der Waals surface area contributed by atoms with Crippen LogP contribution in [0.1, 0.15) is 17.4 Å². The topological polar surface area (TPSA) is 117 Å². The van der Waals surface area contributed by atoms with Crippen LogP contribution in [0.3, 0.4) is 0 Å². The summed E-state index contributed by atoms with van der Waals surface area (Å²) in [5, 5.41) is 3.66. The van der Waals surface area contributed by atoms with Crippen molar-refractivity contribution < 1.29 is 14.1 Å². The molecule has 0 aliphatic carbocycles. The number of hydrogen-bond donors (Lipinski definition) is 2. The highest BCUT2D eigenvalue weighted by atomic mass is 16.5. The van der Waals surface area contributed by atoms with Crippen molar-refractivity contribution in [3.8, 4) is 11.3 Å². The summed E-state index contributed by atoms with van der Waals surface area (Å²) in [4.78, 5) is 15.4. The molecule has 0 saturated heterocycles. The van der Waals surface area contributed by atoms with Crippen LogP contribution >= 0.6 is 0 Å². The van der Waals surface area contributed by atoms with Crippen LogP contribution in [0.2, 0.25) is 0 Å². The van der Waals surface area contributed by atoms with Crippen molar-refractivity contribution in [1.29, 1.82) is 0 Å². The maximum Gasteiger partial charge on any atom is 0.360 e. The van der Waals surface area contributed by atoms with E-state index in [2.05, 4.69) is 10.1 Å².